The Hall–Kier alpha value is -2.36. The van der Waals surface area contributed by atoms with Crippen LogP contribution in [0.1, 0.15) is 28.4 Å². The summed E-state index contributed by atoms with van der Waals surface area (Å²) in [7, 11) is -4.14. The zero-order valence-corrected chi connectivity index (χ0v) is 21.1. The molecule has 0 N–H and O–H groups in total. The van der Waals surface area contributed by atoms with Crippen molar-refractivity contribution in [1.29, 1.82) is 0 Å². The fourth-order valence-corrected chi connectivity index (χ4v) is 6.55. The molecular formula is C27H27ClF2O5S. The fourth-order valence-electron chi connectivity index (χ4n) is 4.33. The molecule has 9 heteroatoms. The van der Waals surface area contributed by atoms with Crippen LogP contribution in [-0.4, -0.2) is 34.8 Å². The largest absolute Gasteiger partial charge is 0.379 e. The summed E-state index contributed by atoms with van der Waals surface area (Å²) >= 11 is 5.95. The molecule has 1 heterocycles. The summed E-state index contributed by atoms with van der Waals surface area (Å²) in [4.78, 5) is -0.0239. The van der Waals surface area contributed by atoms with E-state index in [0.717, 1.165) is 17.7 Å². The summed E-state index contributed by atoms with van der Waals surface area (Å²) in [5.74, 6) is -2.19. The Morgan fingerprint density at radius 2 is 1.61 bits per heavy atom. The molecule has 0 spiro atoms. The van der Waals surface area contributed by atoms with Crippen molar-refractivity contribution < 1.29 is 31.4 Å². The minimum Gasteiger partial charge on any atom is -0.379 e. The fraction of sp³-hybridized carbons (Fsp3) is 0.333. The van der Waals surface area contributed by atoms with Crippen LogP contribution in [0.4, 0.5) is 8.78 Å². The van der Waals surface area contributed by atoms with Gasteiger partial charge < -0.3 is 14.2 Å². The quantitative estimate of drug-likeness (QED) is 0.318. The molecule has 0 amide bonds. The number of sulfone groups is 1. The van der Waals surface area contributed by atoms with Crippen molar-refractivity contribution in [3.05, 3.63) is 100 Å². The first kappa shape index (κ1) is 26.7. The van der Waals surface area contributed by atoms with Gasteiger partial charge in [-0.05, 0) is 48.4 Å². The lowest BCUT2D eigenvalue weighted by Crippen LogP contribution is -2.31. The van der Waals surface area contributed by atoms with Gasteiger partial charge in [0.25, 0.3) is 0 Å². The van der Waals surface area contributed by atoms with Gasteiger partial charge in [0.1, 0.15) is 11.6 Å². The van der Waals surface area contributed by atoms with Gasteiger partial charge in [-0.25, -0.2) is 17.2 Å². The van der Waals surface area contributed by atoms with Gasteiger partial charge in [0, 0.05) is 28.7 Å². The molecule has 4 rings (SSSR count). The predicted octanol–water partition coefficient (Wildman–Crippen LogP) is 5.90. The zero-order chi connectivity index (χ0) is 25.5. The molecule has 1 aliphatic rings. The maximum Gasteiger partial charge on any atom is 0.185 e. The molecule has 0 radical (unpaired) electrons. The highest BCUT2D eigenvalue weighted by Gasteiger charge is 2.41. The summed E-state index contributed by atoms with van der Waals surface area (Å²) in [6, 6.07) is 17.3. The predicted molar refractivity (Wildman–Crippen MR) is 132 cm³/mol. The maximum atomic E-state index is 15.2. The number of halogens is 3. The van der Waals surface area contributed by atoms with Crippen LogP contribution >= 0.6 is 11.6 Å². The Balaban J connectivity index is 1.57. The third-order valence-corrected chi connectivity index (χ3v) is 8.60. The smallest absolute Gasteiger partial charge is 0.185 e. The van der Waals surface area contributed by atoms with Crippen molar-refractivity contribution in [3.63, 3.8) is 0 Å². The standard InChI is InChI=1S/C27H27ClF2O5S/c28-21-6-8-22(9-7-21)36(31,32)27-20(17-35-15-14-34-16-19-4-2-1-3-5-19)12-13-33-18-23-24(29)10-11-25(30)26(23)27/h1-11,20,27H,12-18H2. The molecule has 3 aromatic carbocycles. The van der Waals surface area contributed by atoms with Crippen molar-refractivity contribution in [3.8, 4) is 0 Å². The number of ether oxygens (including phenoxy) is 3. The molecule has 1 aliphatic heterocycles. The highest BCUT2D eigenvalue weighted by molar-refractivity contribution is 7.91. The van der Waals surface area contributed by atoms with E-state index in [4.69, 9.17) is 25.8 Å². The normalized spacial score (nSPS) is 18.3. The second kappa shape index (κ2) is 12.3. The van der Waals surface area contributed by atoms with Gasteiger partial charge >= 0.3 is 0 Å². The summed E-state index contributed by atoms with van der Waals surface area (Å²) in [5, 5.41) is -0.994. The number of benzene rings is 3. The third kappa shape index (κ3) is 6.30. The van der Waals surface area contributed by atoms with Crippen LogP contribution in [0.5, 0.6) is 0 Å². The van der Waals surface area contributed by atoms with E-state index in [1.165, 1.54) is 24.3 Å². The van der Waals surface area contributed by atoms with Crippen LogP contribution in [0.15, 0.2) is 71.6 Å². The molecule has 2 unspecified atom stereocenters. The number of hydrogen-bond donors (Lipinski definition) is 0. The highest BCUT2D eigenvalue weighted by Crippen LogP contribution is 2.42. The molecular weight excluding hydrogens is 510 g/mol. The highest BCUT2D eigenvalue weighted by atomic mass is 35.5. The summed E-state index contributed by atoms with van der Waals surface area (Å²) in [6.45, 7) is 0.910. The van der Waals surface area contributed by atoms with E-state index in [9.17, 15) is 12.8 Å². The van der Waals surface area contributed by atoms with E-state index >= 15 is 4.39 Å². The van der Waals surface area contributed by atoms with Gasteiger partial charge in [-0.15, -0.1) is 0 Å². The van der Waals surface area contributed by atoms with Crippen molar-refractivity contribution in [2.24, 2.45) is 5.92 Å². The Labute approximate surface area is 214 Å². The molecule has 0 aliphatic carbocycles. The van der Waals surface area contributed by atoms with Gasteiger partial charge in [-0.2, -0.15) is 0 Å². The van der Waals surface area contributed by atoms with Crippen LogP contribution in [0.25, 0.3) is 0 Å². The molecule has 2 atom stereocenters. The Morgan fingerprint density at radius 3 is 2.36 bits per heavy atom. The Morgan fingerprint density at radius 1 is 0.917 bits per heavy atom. The molecule has 0 bridgehead atoms. The summed E-state index contributed by atoms with van der Waals surface area (Å²) < 4.78 is 74.6. The minimum absolute atomic E-state index is 0.00490. The summed E-state index contributed by atoms with van der Waals surface area (Å²) in [5.41, 5.74) is 0.727. The van der Waals surface area contributed by atoms with Gasteiger partial charge in [0.2, 0.25) is 0 Å². The van der Waals surface area contributed by atoms with Gasteiger partial charge in [-0.1, -0.05) is 41.9 Å². The first-order chi connectivity index (χ1) is 17.4. The molecule has 3 aromatic rings. The number of rotatable bonds is 9. The molecule has 36 heavy (non-hydrogen) atoms. The zero-order valence-electron chi connectivity index (χ0n) is 19.5. The molecule has 0 aromatic heterocycles. The second-order valence-corrected chi connectivity index (χ2v) is 11.1. The van der Waals surface area contributed by atoms with Crippen LogP contribution in [0, 0.1) is 17.6 Å². The minimum atomic E-state index is -4.14. The summed E-state index contributed by atoms with van der Waals surface area (Å²) in [6.07, 6.45) is 0.289. The number of fused-ring (bicyclic) bond motifs is 1. The monoisotopic (exact) mass is 536 g/mol. The first-order valence-electron chi connectivity index (χ1n) is 11.6. The van der Waals surface area contributed by atoms with Crippen LogP contribution in [-0.2, 0) is 37.3 Å². The lowest BCUT2D eigenvalue weighted by molar-refractivity contribution is 0.0164. The average molecular weight is 537 g/mol. The lowest BCUT2D eigenvalue weighted by Gasteiger charge is -2.31. The van der Waals surface area contributed by atoms with Crippen LogP contribution < -0.4 is 0 Å². The average Bonchev–Trinajstić information content (AvgIpc) is 2.85. The van der Waals surface area contributed by atoms with Gasteiger partial charge in [0.15, 0.2) is 9.84 Å². The Bertz CT molecular complexity index is 1250. The first-order valence-corrected chi connectivity index (χ1v) is 13.5. The van der Waals surface area contributed by atoms with Crippen molar-refractivity contribution in [1.82, 2.24) is 0 Å². The van der Waals surface area contributed by atoms with Crippen LogP contribution in [0.3, 0.4) is 0 Å². The van der Waals surface area contributed by atoms with E-state index in [0.29, 0.717) is 18.2 Å². The van der Waals surface area contributed by atoms with E-state index < -0.39 is 32.6 Å². The lowest BCUT2D eigenvalue weighted by atomic mass is 9.91. The van der Waals surface area contributed by atoms with Crippen molar-refractivity contribution in [2.45, 2.75) is 29.8 Å². The van der Waals surface area contributed by atoms with Crippen molar-refractivity contribution >= 4 is 21.4 Å². The third-order valence-electron chi connectivity index (χ3n) is 6.13. The van der Waals surface area contributed by atoms with Gasteiger partial charge in [0.05, 0.1) is 43.2 Å². The molecule has 0 saturated carbocycles. The molecule has 192 valence electrons. The van der Waals surface area contributed by atoms with Crippen molar-refractivity contribution in [2.75, 3.05) is 26.4 Å². The SMILES string of the molecule is O=S(=O)(c1ccc(Cl)cc1)C1c2c(F)ccc(F)c2COCCC1COCCOCc1ccccc1. The molecule has 0 fully saturated rings. The van der Waals surface area contributed by atoms with Gasteiger partial charge in [-0.3, -0.25) is 0 Å². The maximum absolute atomic E-state index is 15.2. The number of hydrogen-bond acceptors (Lipinski definition) is 5. The van der Waals surface area contributed by atoms with Crippen LogP contribution in [0.2, 0.25) is 5.02 Å². The van der Waals surface area contributed by atoms with E-state index in [-0.39, 0.29) is 48.9 Å². The van der Waals surface area contributed by atoms with E-state index in [1.807, 2.05) is 30.3 Å². The molecule has 5 nitrogen and oxygen atoms in total. The van der Waals surface area contributed by atoms with E-state index in [1.54, 1.807) is 0 Å². The second-order valence-electron chi connectivity index (χ2n) is 8.56. The topological polar surface area (TPSA) is 61.8 Å². The Kier molecular flexibility index (Phi) is 9.09. The molecule has 0 saturated heterocycles. The van der Waals surface area contributed by atoms with E-state index in [2.05, 4.69) is 0 Å².